The van der Waals surface area contributed by atoms with Crippen LogP contribution in [0.15, 0.2) is 0 Å². The summed E-state index contributed by atoms with van der Waals surface area (Å²) in [4.78, 5) is 2.51. The van der Waals surface area contributed by atoms with Gasteiger partial charge in [0.05, 0.1) is 0 Å². The molecule has 0 aromatic carbocycles. The first-order valence-corrected chi connectivity index (χ1v) is 25.2. The van der Waals surface area contributed by atoms with Crippen molar-refractivity contribution in [3.8, 4) is 0 Å². The Kier molecular flexibility index (Phi) is 16.9. The monoisotopic (exact) mass is 704 g/mol. The fourth-order valence-corrected chi connectivity index (χ4v) is 10.9. The van der Waals surface area contributed by atoms with Gasteiger partial charge in [0, 0.05) is 24.2 Å². The van der Waals surface area contributed by atoms with E-state index in [0.717, 1.165) is 13.1 Å². The van der Waals surface area contributed by atoms with Crippen LogP contribution in [0.5, 0.6) is 0 Å². The normalized spacial score (nSPS) is 17.5. The van der Waals surface area contributed by atoms with Crippen LogP contribution in [0.3, 0.4) is 0 Å². The number of hydrogen-bond donors (Lipinski definition) is 2. The average molecular weight is 708 g/mol. The Morgan fingerprint density at radius 2 is 0.900 bits per heavy atom. The van der Waals surface area contributed by atoms with Crippen LogP contribution < -0.4 is 10.6 Å². The Labute approximate surface area is 215 Å². The molecule has 1 heterocycles. The average Bonchev–Trinajstić information content (AvgIpc) is 2.83. The zero-order valence-corrected chi connectivity index (χ0v) is 29.1. The molecule has 1 saturated heterocycles. The van der Waals surface area contributed by atoms with Gasteiger partial charge in [0.15, 0.2) is 0 Å². The van der Waals surface area contributed by atoms with E-state index in [-0.39, 0.29) is 11.1 Å². The first-order valence-electron chi connectivity index (χ1n) is 10.6. The third kappa shape index (κ3) is 19.8. The van der Waals surface area contributed by atoms with Crippen LogP contribution in [-0.2, 0) is 0 Å². The van der Waals surface area contributed by atoms with E-state index < -0.39 is 37.5 Å². The van der Waals surface area contributed by atoms with Crippen LogP contribution in [0.4, 0.5) is 0 Å². The number of hydrogen-bond acceptors (Lipinski definition) is 4. The quantitative estimate of drug-likeness (QED) is 0.289. The van der Waals surface area contributed by atoms with Gasteiger partial charge in [0.2, 0.25) is 0 Å². The van der Waals surface area contributed by atoms with E-state index in [9.17, 15) is 0 Å². The van der Waals surface area contributed by atoms with Gasteiger partial charge >= 0.3 is 141 Å². The summed E-state index contributed by atoms with van der Waals surface area (Å²) in [6.07, 6.45) is 0. The fraction of sp³-hybridized carbons (Fsp3) is 1.00. The molecule has 0 aromatic heterocycles. The second kappa shape index (κ2) is 14.7. The minimum absolute atomic E-state index is 0.236. The molecule has 0 aromatic rings. The van der Waals surface area contributed by atoms with Crippen molar-refractivity contribution < 1.29 is 0 Å². The van der Waals surface area contributed by atoms with E-state index in [1.165, 1.54) is 13.1 Å². The molecule has 1 aliphatic heterocycles. The van der Waals surface area contributed by atoms with Gasteiger partial charge in [0.1, 0.15) is 0 Å². The molecule has 0 atom stereocenters. The first kappa shape index (κ1) is 34.5. The van der Waals surface area contributed by atoms with E-state index in [1.807, 2.05) is 0 Å². The molecule has 0 spiro atoms. The van der Waals surface area contributed by atoms with Crippen molar-refractivity contribution in [2.24, 2.45) is 0 Å². The Morgan fingerprint density at radius 1 is 0.667 bits per heavy atom. The van der Waals surface area contributed by atoms with Crippen LogP contribution in [0.25, 0.3) is 0 Å². The summed E-state index contributed by atoms with van der Waals surface area (Å²) in [7, 11) is 15.0. The molecule has 30 heavy (non-hydrogen) atoms. The van der Waals surface area contributed by atoms with Crippen molar-refractivity contribution in [1.82, 2.24) is 16.8 Å². The van der Waals surface area contributed by atoms with Crippen molar-refractivity contribution in [3.05, 3.63) is 0 Å². The molecule has 0 saturated carbocycles. The predicted octanol–water partition coefficient (Wildman–Crippen LogP) is 5.77. The Hall–Kier alpha value is 2.35. The number of rotatable bonds is 3. The summed E-state index contributed by atoms with van der Waals surface area (Å²) in [6.45, 7) is 31.8. The van der Waals surface area contributed by atoms with Crippen molar-refractivity contribution in [2.45, 2.75) is 110 Å². The van der Waals surface area contributed by atoms with E-state index in [4.69, 9.17) is 26.5 Å². The number of nitrogens with zero attached hydrogens (tertiary/aromatic N) is 2. The summed E-state index contributed by atoms with van der Waals surface area (Å²) < 4.78 is 5.53. The zero-order valence-electron chi connectivity index (χ0n) is 21.8. The predicted molar refractivity (Wildman–Crippen MR) is 143 cm³/mol. The Balaban J connectivity index is 0. The van der Waals surface area contributed by atoms with Crippen LogP contribution in [0.1, 0.15) is 83.1 Å². The minimum atomic E-state index is -2.03. The molecule has 1 aliphatic rings. The van der Waals surface area contributed by atoms with Crippen molar-refractivity contribution in [1.29, 1.82) is 0 Å². The second-order valence-electron chi connectivity index (χ2n) is 11.6. The van der Waals surface area contributed by atoms with Gasteiger partial charge in [0.25, 0.3) is 0 Å². The van der Waals surface area contributed by atoms with E-state index >= 15 is 0 Å². The molecule has 0 radical (unpaired) electrons. The van der Waals surface area contributed by atoms with E-state index in [1.54, 1.807) is 0 Å². The van der Waals surface area contributed by atoms with E-state index in [0.29, 0.717) is 11.1 Å². The van der Waals surface area contributed by atoms with Crippen molar-refractivity contribution in [2.75, 3.05) is 26.2 Å². The van der Waals surface area contributed by atoms with Crippen LogP contribution in [0, 0.1) is 0 Å². The molecule has 0 amide bonds. The molecule has 9 heteroatoms. The SMILES string of the molecule is CC(C)(C)NCCNC(C)(C)C.[CH3][Sb]1[N](C(C)(C)C)CC[N]1C(C)(C)C.[Cl][Sb]([Cl])[Cl]. The van der Waals surface area contributed by atoms with Gasteiger partial charge in [-0.15, -0.1) is 0 Å². The molecule has 0 bridgehead atoms. The molecule has 2 N–H and O–H groups in total. The van der Waals surface area contributed by atoms with Crippen molar-refractivity contribution in [3.63, 3.8) is 0 Å². The van der Waals surface area contributed by atoms with Gasteiger partial charge in [-0.25, -0.2) is 0 Å². The molecule has 1 rings (SSSR count). The topological polar surface area (TPSA) is 30.5 Å². The zero-order chi connectivity index (χ0) is 24.6. The first-order chi connectivity index (χ1) is 13.1. The molecular formula is C21H49Cl3N4Sb2. The number of halogens is 3. The second-order valence-corrected chi connectivity index (χ2v) is 28.6. The molecular weight excluding hydrogens is 658 g/mol. The van der Waals surface area contributed by atoms with Crippen LogP contribution >= 0.6 is 26.5 Å². The Morgan fingerprint density at radius 3 is 1.03 bits per heavy atom. The summed E-state index contributed by atoms with van der Waals surface area (Å²) in [6, 6.07) is 0. The molecule has 0 aliphatic carbocycles. The molecule has 1 fully saturated rings. The number of nitrogens with one attached hydrogen (secondary N) is 2. The summed E-state index contributed by atoms with van der Waals surface area (Å²) in [5.74, 6) is 0. The fourth-order valence-electron chi connectivity index (χ4n) is 3.02. The maximum absolute atomic E-state index is 4.99. The third-order valence-electron chi connectivity index (χ3n) is 4.21. The van der Waals surface area contributed by atoms with Gasteiger partial charge < -0.3 is 10.6 Å². The molecule has 4 nitrogen and oxygen atoms in total. The van der Waals surface area contributed by atoms with Gasteiger partial charge in [-0.1, -0.05) is 0 Å². The maximum atomic E-state index is 4.99. The standard InChI is InChI=1S/C10H24N2.C10H22N2.CH3.3ClH.2Sb/c2*1-9(2,3)11-7-8-12-10(4,5)6;;;;;;/h11-12H,7-8H2,1-6H3;7-8H2,1-6H3;1H3;3*1H;;/q;-2;;;;;+2;+3/p-3. The van der Waals surface area contributed by atoms with Gasteiger partial charge in [-0.3, -0.25) is 0 Å². The third-order valence-corrected chi connectivity index (χ3v) is 12.8. The molecule has 0 unspecified atom stereocenters. The summed E-state index contributed by atoms with van der Waals surface area (Å²) in [5, 5.41) is 6.86. The van der Waals surface area contributed by atoms with Crippen molar-refractivity contribution >= 4 is 64.0 Å². The van der Waals surface area contributed by atoms with Crippen LogP contribution in [-0.4, -0.2) is 92.0 Å². The summed E-state index contributed by atoms with van der Waals surface area (Å²) >= 11 is -3.35. The van der Waals surface area contributed by atoms with Crippen LogP contribution in [0.2, 0.25) is 4.87 Å². The Bertz CT molecular complexity index is 412. The molecule has 184 valence electrons. The summed E-state index contributed by atoms with van der Waals surface area (Å²) in [5.41, 5.74) is 1.22. The van der Waals surface area contributed by atoms with Gasteiger partial charge in [-0.05, 0) is 41.5 Å². The van der Waals surface area contributed by atoms with Gasteiger partial charge in [-0.2, -0.15) is 0 Å². The van der Waals surface area contributed by atoms with E-state index in [2.05, 4.69) is 105 Å².